The molecule has 1 aromatic rings. The molecule has 2 atom stereocenters. The van der Waals surface area contributed by atoms with Gasteiger partial charge in [-0.25, -0.2) is 0 Å². The van der Waals surface area contributed by atoms with Crippen LogP contribution >= 0.6 is 0 Å². The highest BCUT2D eigenvalue weighted by atomic mass is 16.5. The summed E-state index contributed by atoms with van der Waals surface area (Å²) in [5, 5.41) is 3.51. The van der Waals surface area contributed by atoms with Crippen LogP contribution in [0.25, 0.3) is 0 Å². The molecule has 21 heavy (non-hydrogen) atoms. The lowest BCUT2D eigenvalue weighted by molar-refractivity contribution is 0.158. The molecule has 3 nitrogen and oxygen atoms in total. The molecule has 1 heterocycles. The second-order valence-electron chi connectivity index (χ2n) is 6.08. The number of benzene rings is 1. The molecule has 1 aliphatic rings. The van der Waals surface area contributed by atoms with Crippen LogP contribution in [-0.2, 0) is 0 Å². The number of hydrogen-bond donors (Lipinski definition) is 1. The molecule has 0 saturated carbocycles. The molecule has 0 amide bonds. The van der Waals surface area contributed by atoms with Crippen molar-refractivity contribution in [1.29, 1.82) is 0 Å². The zero-order valence-electron chi connectivity index (χ0n) is 13.8. The molecule has 1 saturated heterocycles. The summed E-state index contributed by atoms with van der Waals surface area (Å²) in [5.41, 5.74) is 1.34. The first-order valence-electron chi connectivity index (χ1n) is 8.31. The van der Waals surface area contributed by atoms with Gasteiger partial charge in [0, 0.05) is 12.1 Å². The van der Waals surface area contributed by atoms with Gasteiger partial charge in [-0.1, -0.05) is 31.4 Å². The lowest BCUT2D eigenvalue weighted by Crippen LogP contribution is -2.43. The number of ether oxygens (including phenoxy) is 1. The maximum absolute atomic E-state index is 5.26. The molecule has 2 rings (SSSR count). The van der Waals surface area contributed by atoms with Crippen LogP contribution in [0.1, 0.15) is 50.6 Å². The van der Waals surface area contributed by atoms with Crippen LogP contribution in [0.4, 0.5) is 0 Å². The Hall–Kier alpha value is -1.06. The minimum absolute atomic E-state index is 0.371. The van der Waals surface area contributed by atoms with Crippen LogP contribution in [0.15, 0.2) is 24.3 Å². The zero-order valence-corrected chi connectivity index (χ0v) is 13.8. The van der Waals surface area contributed by atoms with Gasteiger partial charge in [0.25, 0.3) is 0 Å². The van der Waals surface area contributed by atoms with Crippen LogP contribution < -0.4 is 10.1 Å². The third kappa shape index (κ3) is 4.45. The van der Waals surface area contributed by atoms with Crippen LogP contribution in [0, 0.1) is 0 Å². The Labute approximate surface area is 129 Å². The molecule has 1 aromatic carbocycles. The minimum atomic E-state index is 0.371. The van der Waals surface area contributed by atoms with Gasteiger partial charge >= 0.3 is 0 Å². The number of nitrogens with zero attached hydrogens (tertiary/aromatic N) is 1. The summed E-state index contributed by atoms with van der Waals surface area (Å²) >= 11 is 0. The standard InChI is InChI=1S/C18H30N2O/c1-15(20-13-7-5-4-6-8-14-20)18(19-2)16-9-11-17(21-3)12-10-16/h9-12,15,18-19H,4-8,13-14H2,1-3H3. The summed E-state index contributed by atoms with van der Waals surface area (Å²) in [7, 11) is 3.78. The molecule has 3 heteroatoms. The molecule has 0 radical (unpaired) electrons. The average Bonchev–Trinajstić information content (AvgIpc) is 2.48. The zero-order chi connectivity index (χ0) is 15.1. The first-order chi connectivity index (χ1) is 10.3. The Kier molecular flexibility index (Phi) is 6.52. The number of rotatable bonds is 5. The molecule has 2 unspecified atom stereocenters. The number of likely N-dealkylation sites (N-methyl/N-ethyl adjacent to an activating group) is 1. The quantitative estimate of drug-likeness (QED) is 0.896. The molecule has 0 bridgehead atoms. The van der Waals surface area contributed by atoms with Crippen molar-refractivity contribution in [2.45, 2.75) is 51.1 Å². The van der Waals surface area contributed by atoms with E-state index >= 15 is 0 Å². The van der Waals surface area contributed by atoms with Gasteiger partial charge in [0.2, 0.25) is 0 Å². The van der Waals surface area contributed by atoms with E-state index < -0.39 is 0 Å². The Bertz CT molecular complexity index is 396. The molecule has 1 N–H and O–H groups in total. The fourth-order valence-corrected chi connectivity index (χ4v) is 3.39. The van der Waals surface area contributed by atoms with E-state index in [1.54, 1.807) is 7.11 Å². The third-order valence-electron chi connectivity index (χ3n) is 4.73. The van der Waals surface area contributed by atoms with Crippen molar-refractivity contribution in [1.82, 2.24) is 10.2 Å². The molecule has 0 aliphatic carbocycles. The topological polar surface area (TPSA) is 24.5 Å². The highest BCUT2D eigenvalue weighted by Crippen LogP contribution is 2.24. The van der Waals surface area contributed by atoms with E-state index in [2.05, 4.69) is 48.5 Å². The summed E-state index contributed by atoms with van der Waals surface area (Å²) in [5.74, 6) is 0.924. The number of methoxy groups -OCH3 is 1. The monoisotopic (exact) mass is 290 g/mol. The number of nitrogens with one attached hydrogen (secondary N) is 1. The van der Waals surface area contributed by atoms with Crippen molar-refractivity contribution >= 4 is 0 Å². The lowest BCUT2D eigenvalue weighted by atomic mass is 9.97. The minimum Gasteiger partial charge on any atom is -0.497 e. The van der Waals surface area contributed by atoms with Gasteiger partial charge in [-0.3, -0.25) is 4.90 Å². The predicted octanol–water partition coefficient (Wildman–Crippen LogP) is 3.61. The van der Waals surface area contributed by atoms with Gasteiger partial charge in [0.1, 0.15) is 5.75 Å². The van der Waals surface area contributed by atoms with Crippen LogP contribution in [0.5, 0.6) is 5.75 Å². The number of likely N-dealkylation sites (tertiary alicyclic amines) is 1. The predicted molar refractivity (Wildman–Crippen MR) is 88.9 cm³/mol. The van der Waals surface area contributed by atoms with Crippen molar-refractivity contribution in [3.8, 4) is 5.75 Å². The van der Waals surface area contributed by atoms with E-state index in [0.29, 0.717) is 12.1 Å². The van der Waals surface area contributed by atoms with E-state index in [1.807, 2.05) is 0 Å². The maximum atomic E-state index is 5.26. The van der Waals surface area contributed by atoms with Gasteiger partial charge in [-0.05, 0) is 57.6 Å². The van der Waals surface area contributed by atoms with E-state index in [9.17, 15) is 0 Å². The van der Waals surface area contributed by atoms with Crippen LogP contribution in [-0.4, -0.2) is 38.2 Å². The van der Waals surface area contributed by atoms with Gasteiger partial charge in [-0.15, -0.1) is 0 Å². The molecule has 1 fully saturated rings. The second kappa shape index (κ2) is 8.40. The van der Waals surface area contributed by atoms with Gasteiger partial charge in [0.05, 0.1) is 7.11 Å². The van der Waals surface area contributed by atoms with E-state index in [4.69, 9.17) is 4.74 Å². The maximum Gasteiger partial charge on any atom is 0.118 e. The van der Waals surface area contributed by atoms with Crippen molar-refractivity contribution in [2.75, 3.05) is 27.2 Å². The first-order valence-corrected chi connectivity index (χ1v) is 8.31. The summed E-state index contributed by atoms with van der Waals surface area (Å²) in [6.07, 6.45) is 6.86. The lowest BCUT2D eigenvalue weighted by Gasteiger charge is -2.36. The summed E-state index contributed by atoms with van der Waals surface area (Å²) < 4.78 is 5.26. The Morgan fingerprint density at radius 3 is 2.10 bits per heavy atom. The van der Waals surface area contributed by atoms with E-state index in [-0.39, 0.29) is 0 Å². The Balaban J connectivity index is 2.06. The SMILES string of the molecule is CNC(c1ccc(OC)cc1)C(C)N1CCCCCCC1. The van der Waals surface area contributed by atoms with Crippen LogP contribution in [0.2, 0.25) is 0 Å². The molecular formula is C18H30N2O. The average molecular weight is 290 g/mol. The fraction of sp³-hybridized carbons (Fsp3) is 0.667. The Morgan fingerprint density at radius 1 is 1.00 bits per heavy atom. The van der Waals surface area contributed by atoms with Gasteiger partial charge in [0.15, 0.2) is 0 Å². The summed E-state index contributed by atoms with van der Waals surface area (Å²) in [4.78, 5) is 2.66. The molecular weight excluding hydrogens is 260 g/mol. The third-order valence-corrected chi connectivity index (χ3v) is 4.73. The first kappa shape index (κ1) is 16.3. The van der Waals surface area contributed by atoms with Gasteiger partial charge in [-0.2, -0.15) is 0 Å². The van der Waals surface area contributed by atoms with Crippen molar-refractivity contribution in [2.24, 2.45) is 0 Å². The number of hydrogen-bond acceptors (Lipinski definition) is 3. The van der Waals surface area contributed by atoms with E-state index in [1.165, 1.54) is 50.8 Å². The highest BCUT2D eigenvalue weighted by molar-refractivity contribution is 5.29. The van der Waals surface area contributed by atoms with E-state index in [0.717, 1.165) is 5.75 Å². The van der Waals surface area contributed by atoms with Crippen molar-refractivity contribution < 1.29 is 4.74 Å². The van der Waals surface area contributed by atoms with Crippen molar-refractivity contribution in [3.63, 3.8) is 0 Å². The molecule has 118 valence electrons. The Morgan fingerprint density at radius 2 is 1.57 bits per heavy atom. The molecule has 1 aliphatic heterocycles. The van der Waals surface area contributed by atoms with Crippen molar-refractivity contribution in [3.05, 3.63) is 29.8 Å². The summed E-state index contributed by atoms with van der Waals surface area (Å²) in [6, 6.07) is 9.36. The van der Waals surface area contributed by atoms with Gasteiger partial charge < -0.3 is 10.1 Å². The van der Waals surface area contributed by atoms with Crippen LogP contribution in [0.3, 0.4) is 0 Å². The summed E-state index contributed by atoms with van der Waals surface area (Å²) in [6.45, 7) is 4.82. The second-order valence-corrected chi connectivity index (χ2v) is 6.08. The fourth-order valence-electron chi connectivity index (χ4n) is 3.39. The smallest absolute Gasteiger partial charge is 0.118 e. The largest absolute Gasteiger partial charge is 0.497 e. The highest BCUT2D eigenvalue weighted by Gasteiger charge is 2.23. The molecule has 0 aromatic heterocycles. The normalized spacial score (nSPS) is 20.3. The molecule has 0 spiro atoms.